The molecule has 1 unspecified atom stereocenters. The molecule has 1 aromatic heterocycles. The van der Waals surface area contributed by atoms with Crippen molar-refractivity contribution in [2.75, 3.05) is 6.61 Å². The van der Waals surface area contributed by atoms with Crippen LogP contribution in [-0.2, 0) is 5.75 Å². The van der Waals surface area contributed by atoms with Crippen molar-refractivity contribution < 1.29 is 9.63 Å². The first-order valence-electron chi connectivity index (χ1n) is 5.18. The Kier molecular flexibility index (Phi) is 5.11. The molecule has 1 heterocycles. The third-order valence-electron chi connectivity index (χ3n) is 2.03. The van der Waals surface area contributed by atoms with Gasteiger partial charge in [0.1, 0.15) is 0 Å². The molecule has 1 N–H and O–H groups in total. The standard InChI is InChI=1S/C10H18N2O2S/c1-7(2)10-11-9(14-12-10)6-15-8(3)4-5-13/h7-8,13H,4-6H2,1-3H3. The highest BCUT2D eigenvalue weighted by atomic mass is 32.2. The number of aliphatic hydroxyl groups excluding tert-OH is 1. The summed E-state index contributed by atoms with van der Waals surface area (Å²) in [6.07, 6.45) is 0.801. The largest absolute Gasteiger partial charge is 0.396 e. The lowest BCUT2D eigenvalue weighted by atomic mass is 10.2. The molecule has 1 rings (SSSR count). The molecule has 0 radical (unpaired) electrons. The van der Waals surface area contributed by atoms with Gasteiger partial charge in [-0.05, 0) is 6.42 Å². The van der Waals surface area contributed by atoms with E-state index in [9.17, 15) is 0 Å². The van der Waals surface area contributed by atoms with Crippen molar-refractivity contribution in [2.45, 2.75) is 44.1 Å². The van der Waals surface area contributed by atoms with E-state index in [2.05, 4.69) is 17.1 Å². The van der Waals surface area contributed by atoms with E-state index in [4.69, 9.17) is 9.63 Å². The first kappa shape index (κ1) is 12.5. The number of rotatable bonds is 6. The molecule has 5 heteroatoms. The van der Waals surface area contributed by atoms with Crippen molar-refractivity contribution in [3.63, 3.8) is 0 Å². The normalized spacial score (nSPS) is 13.4. The summed E-state index contributed by atoms with van der Waals surface area (Å²) in [4.78, 5) is 4.28. The lowest BCUT2D eigenvalue weighted by molar-refractivity contribution is 0.289. The average molecular weight is 230 g/mol. The smallest absolute Gasteiger partial charge is 0.236 e. The van der Waals surface area contributed by atoms with E-state index in [0.717, 1.165) is 18.0 Å². The molecule has 0 bridgehead atoms. The van der Waals surface area contributed by atoms with Crippen LogP contribution >= 0.6 is 11.8 Å². The van der Waals surface area contributed by atoms with Gasteiger partial charge in [-0.15, -0.1) is 11.8 Å². The minimum atomic E-state index is 0.231. The highest BCUT2D eigenvalue weighted by Crippen LogP contribution is 2.19. The van der Waals surface area contributed by atoms with Crippen molar-refractivity contribution in [1.29, 1.82) is 0 Å². The molecule has 15 heavy (non-hydrogen) atoms. The van der Waals surface area contributed by atoms with E-state index in [1.54, 1.807) is 11.8 Å². The van der Waals surface area contributed by atoms with Crippen LogP contribution in [0.4, 0.5) is 0 Å². The number of nitrogens with zero attached hydrogens (tertiary/aromatic N) is 2. The van der Waals surface area contributed by atoms with Crippen LogP contribution in [0.3, 0.4) is 0 Å². The minimum Gasteiger partial charge on any atom is -0.396 e. The summed E-state index contributed by atoms with van der Waals surface area (Å²) in [5, 5.41) is 13.1. The van der Waals surface area contributed by atoms with Crippen LogP contribution in [0, 0.1) is 0 Å². The fourth-order valence-corrected chi connectivity index (χ4v) is 1.86. The summed E-state index contributed by atoms with van der Waals surface area (Å²) in [5.74, 6) is 2.47. The van der Waals surface area contributed by atoms with E-state index in [-0.39, 0.29) is 6.61 Å². The first-order chi connectivity index (χ1) is 7.13. The van der Waals surface area contributed by atoms with Crippen LogP contribution in [-0.4, -0.2) is 27.1 Å². The third-order valence-corrected chi connectivity index (χ3v) is 3.25. The van der Waals surface area contributed by atoms with Gasteiger partial charge in [-0.25, -0.2) is 0 Å². The maximum absolute atomic E-state index is 8.75. The van der Waals surface area contributed by atoms with Crippen molar-refractivity contribution in [2.24, 2.45) is 0 Å². The Morgan fingerprint density at radius 2 is 2.13 bits per heavy atom. The second kappa shape index (κ2) is 6.12. The van der Waals surface area contributed by atoms with Gasteiger partial charge in [0, 0.05) is 17.8 Å². The fourth-order valence-electron chi connectivity index (χ4n) is 1.04. The quantitative estimate of drug-likeness (QED) is 0.811. The number of thioether (sulfide) groups is 1. The summed E-state index contributed by atoms with van der Waals surface area (Å²) in [7, 11) is 0. The number of hydrogen-bond donors (Lipinski definition) is 1. The molecule has 0 aliphatic carbocycles. The van der Waals surface area contributed by atoms with Gasteiger partial charge in [0.05, 0.1) is 5.75 Å². The fraction of sp³-hybridized carbons (Fsp3) is 0.800. The lowest BCUT2D eigenvalue weighted by Crippen LogP contribution is -2.00. The Labute approximate surface area is 94.5 Å². The lowest BCUT2D eigenvalue weighted by Gasteiger charge is -2.06. The van der Waals surface area contributed by atoms with Crippen LogP contribution in [0.15, 0.2) is 4.52 Å². The second-order valence-electron chi connectivity index (χ2n) is 3.83. The van der Waals surface area contributed by atoms with E-state index in [0.29, 0.717) is 17.1 Å². The van der Waals surface area contributed by atoms with Gasteiger partial charge in [0.15, 0.2) is 5.82 Å². The summed E-state index contributed by atoms with van der Waals surface area (Å²) in [5.41, 5.74) is 0. The Morgan fingerprint density at radius 1 is 1.40 bits per heavy atom. The molecule has 0 saturated heterocycles. The summed E-state index contributed by atoms with van der Waals surface area (Å²) >= 11 is 1.72. The Bertz CT molecular complexity index is 289. The van der Waals surface area contributed by atoms with Gasteiger partial charge >= 0.3 is 0 Å². The van der Waals surface area contributed by atoms with Crippen LogP contribution in [0.2, 0.25) is 0 Å². The highest BCUT2D eigenvalue weighted by molar-refractivity contribution is 7.99. The van der Waals surface area contributed by atoms with Crippen LogP contribution in [0.5, 0.6) is 0 Å². The van der Waals surface area contributed by atoms with E-state index >= 15 is 0 Å². The van der Waals surface area contributed by atoms with Crippen LogP contribution in [0.25, 0.3) is 0 Å². The van der Waals surface area contributed by atoms with Crippen molar-refractivity contribution in [1.82, 2.24) is 10.1 Å². The van der Waals surface area contributed by atoms with Crippen LogP contribution < -0.4 is 0 Å². The monoisotopic (exact) mass is 230 g/mol. The second-order valence-corrected chi connectivity index (χ2v) is 5.26. The molecule has 1 atom stereocenters. The molecule has 1 aromatic rings. The number of hydrogen-bond acceptors (Lipinski definition) is 5. The number of aromatic nitrogens is 2. The average Bonchev–Trinajstić information content (AvgIpc) is 2.63. The molecule has 0 amide bonds. The molecule has 86 valence electrons. The van der Waals surface area contributed by atoms with Gasteiger partial charge in [-0.1, -0.05) is 25.9 Å². The first-order valence-corrected chi connectivity index (χ1v) is 6.23. The van der Waals surface area contributed by atoms with Gasteiger partial charge in [0.2, 0.25) is 5.89 Å². The zero-order valence-corrected chi connectivity index (χ0v) is 10.3. The molecule has 0 fully saturated rings. The van der Waals surface area contributed by atoms with Crippen molar-refractivity contribution in [3.05, 3.63) is 11.7 Å². The molecule has 0 aromatic carbocycles. The zero-order valence-electron chi connectivity index (χ0n) is 9.43. The van der Waals surface area contributed by atoms with E-state index in [1.165, 1.54) is 0 Å². The third kappa shape index (κ3) is 4.22. The van der Waals surface area contributed by atoms with Gasteiger partial charge in [-0.3, -0.25) is 0 Å². The molecule has 0 saturated carbocycles. The number of aliphatic hydroxyl groups is 1. The van der Waals surface area contributed by atoms with E-state index < -0.39 is 0 Å². The summed E-state index contributed by atoms with van der Waals surface area (Å²) in [6.45, 7) is 6.39. The van der Waals surface area contributed by atoms with Gasteiger partial charge in [-0.2, -0.15) is 4.98 Å². The maximum atomic E-state index is 8.75. The predicted molar refractivity (Wildman–Crippen MR) is 60.8 cm³/mol. The molecule has 0 aliphatic heterocycles. The van der Waals surface area contributed by atoms with Crippen molar-refractivity contribution in [3.8, 4) is 0 Å². The summed E-state index contributed by atoms with van der Waals surface area (Å²) in [6, 6.07) is 0. The minimum absolute atomic E-state index is 0.231. The Hall–Kier alpha value is -0.550. The Morgan fingerprint density at radius 3 is 2.67 bits per heavy atom. The topological polar surface area (TPSA) is 59.2 Å². The van der Waals surface area contributed by atoms with Crippen LogP contribution in [0.1, 0.15) is 44.8 Å². The van der Waals surface area contributed by atoms with Gasteiger partial charge in [0.25, 0.3) is 0 Å². The predicted octanol–water partition coefficient (Wildman–Crippen LogP) is 2.20. The molecule has 0 aliphatic rings. The summed E-state index contributed by atoms with van der Waals surface area (Å²) < 4.78 is 5.11. The SMILES string of the molecule is CC(CCO)SCc1nc(C(C)C)no1. The van der Waals surface area contributed by atoms with Crippen molar-refractivity contribution >= 4 is 11.8 Å². The van der Waals surface area contributed by atoms with Gasteiger partial charge < -0.3 is 9.63 Å². The maximum Gasteiger partial charge on any atom is 0.236 e. The molecular formula is C10H18N2O2S. The zero-order chi connectivity index (χ0) is 11.3. The highest BCUT2D eigenvalue weighted by Gasteiger charge is 2.10. The van der Waals surface area contributed by atoms with E-state index in [1.807, 2.05) is 13.8 Å². The molecule has 0 spiro atoms. The Balaban J connectivity index is 2.37. The molecule has 4 nitrogen and oxygen atoms in total. The molecular weight excluding hydrogens is 212 g/mol.